The molecule has 4 nitrogen and oxygen atoms in total. The van der Waals surface area contributed by atoms with Gasteiger partial charge in [-0.25, -0.2) is 0 Å². The van der Waals surface area contributed by atoms with Crippen LogP contribution in [0.1, 0.15) is 31.2 Å². The van der Waals surface area contributed by atoms with Crippen molar-refractivity contribution in [1.82, 2.24) is 10.2 Å². The van der Waals surface area contributed by atoms with Crippen LogP contribution in [0.25, 0.3) is 0 Å². The SMILES string of the molecule is C[C@@]1(CO)CCC[C@@H]1Nc1nnc(C(F)(F)F)s1. The van der Waals surface area contributed by atoms with Crippen LogP contribution in [0.4, 0.5) is 18.3 Å². The molecule has 1 aliphatic rings. The number of hydrogen-bond acceptors (Lipinski definition) is 5. The first kappa shape index (κ1) is 13.5. The fourth-order valence-electron chi connectivity index (χ4n) is 2.21. The zero-order chi connectivity index (χ0) is 13.4. The summed E-state index contributed by atoms with van der Waals surface area (Å²) in [6.45, 7) is 1.93. The summed E-state index contributed by atoms with van der Waals surface area (Å²) in [5.41, 5.74) is -0.302. The van der Waals surface area contributed by atoms with Crippen molar-refractivity contribution in [3.05, 3.63) is 5.01 Å². The number of anilines is 1. The van der Waals surface area contributed by atoms with Gasteiger partial charge in [-0.3, -0.25) is 0 Å². The van der Waals surface area contributed by atoms with Crippen LogP contribution in [0, 0.1) is 5.41 Å². The highest BCUT2D eigenvalue weighted by atomic mass is 32.1. The van der Waals surface area contributed by atoms with E-state index in [0.717, 1.165) is 19.3 Å². The van der Waals surface area contributed by atoms with Gasteiger partial charge in [0.1, 0.15) is 0 Å². The van der Waals surface area contributed by atoms with Crippen LogP contribution in [-0.2, 0) is 6.18 Å². The summed E-state index contributed by atoms with van der Waals surface area (Å²) >= 11 is 0.498. The third kappa shape index (κ3) is 2.59. The van der Waals surface area contributed by atoms with Crippen molar-refractivity contribution in [2.75, 3.05) is 11.9 Å². The van der Waals surface area contributed by atoms with E-state index in [1.807, 2.05) is 6.92 Å². The monoisotopic (exact) mass is 281 g/mol. The van der Waals surface area contributed by atoms with Gasteiger partial charge in [0, 0.05) is 11.5 Å². The standard InChI is InChI=1S/C10H14F3N3OS/c1-9(5-17)4-2-3-6(9)14-8-16-15-7(18-8)10(11,12)13/h6,17H,2-5H2,1H3,(H,14,16)/t6-,9-/m0/s1. The van der Waals surface area contributed by atoms with Gasteiger partial charge in [-0.05, 0) is 12.8 Å². The van der Waals surface area contributed by atoms with Gasteiger partial charge in [0.25, 0.3) is 0 Å². The summed E-state index contributed by atoms with van der Waals surface area (Å²) in [5, 5.41) is 18.1. The van der Waals surface area contributed by atoms with Crippen LogP contribution in [0.3, 0.4) is 0 Å². The van der Waals surface area contributed by atoms with E-state index in [1.54, 1.807) is 0 Å². The van der Waals surface area contributed by atoms with E-state index in [4.69, 9.17) is 0 Å². The van der Waals surface area contributed by atoms with Crippen LogP contribution in [-0.4, -0.2) is 28.0 Å². The van der Waals surface area contributed by atoms with Gasteiger partial charge in [0.05, 0.1) is 6.61 Å². The van der Waals surface area contributed by atoms with Crippen molar-refractivity contribution in [3.8, 4) is 0 Å². The molecule has 0 aromatic carbocycles. The molecule has 0 aliphatic heterocycles. The molecule has 1 fully saturated rings. The van der Waals surface area contributed by atoms with Crippen molar-refractivity contribution in [2.45, 2.75) is 38.4 Å². The summed E-state index contributed by atoms with van der Waals surface area (Å²) in [7, 11) is 0. The van der Waals surface area contributed by atoms with Gasteiger partial charge in [0.15, 0.2) is 0 Å². The first-order chi connectivity index (χ1) is 8.35. The molecule has 0 bridgehead atoms. The van der Waals surface area contributed by atoms with Crippen LogP contribution in [0.5, 0.6) is 0 Å². The number of nitrogens with zero attached hydrogens (tertiary/aromatic N) is 2. The van der Waals surface area contributed by atoms with Crippen molar-refractivity contribution in [1.29, 1.82) is 0 Å². The Morgan fingerprint density at radius 2 is 2.22 bits per heavy atom. The molecular weight excluding hydrogens is 267 g/mol. The maximum absolute atomic E-state index is 12.4. The first-order valence-electron chi connectivity index (χ1n) is 5.63. The quantitative estimate of drug-likeness (QED) is 0.894. The molecular formula is C10H14F3N3OS. The maximum atomic E-state index is 12.4. The number of aliphatic hydroxyl groups excluding tert-OH is 1. The topological polar surface area (TPSA) is 58.0 Å². The molecule has 2 rings (SSSR count). The molecule has 8 heteroatoms. The third-order valence-electron chi connectivity index (χ3n) is 3.41. The number of nitrogens with one attached hydrogen (secondary N) is 1. The van der Waals surface area contributed by atoms with Crippen LogP contribution in [0.15, 0.2) is 0 Å². The lowest BCUT2D eigenvalue weighted by Gasteiger charge is -2.29. The maximum Gasteiger partial charge on any atom is 0.445 e. The Bertz CT molecular complexity index is 423. The van der Waals surface area contributed by atoms with Crippen molar-refractivity contribution < 1.29 is 18.3 Å². The second-order valence-electron chi connectivity index (χ2n) is 4.81. The molecule has 102 valence electrons. The van der Waals surface area contributed by atoms with Crippen molar-refractivity contribution in [3.63, 3.8) is 0 Å². The fraction of sp³-hybridized carbons (Fsp3) is 0.800. The van der Waals surface area contributed by atoms with Crippen molar-refractivity contribution in [2.24, 2.45) is 5.41 Å². The minimum Gasteiger partial charge on any atom is -0.396 e. The van der Waals surface area contributed by atoms with Gasteiger partial charge in [0.2, 0.25) is 10.1 Å². The van der Waals surface area contributed by atoms with E-state index in [1.165, 1.54) is 0 Å². The average Bonchev–Trinajstić information content (AvgIpc) is 2.87. The van der Waals surface area contributed by atoms with Gasteiger partial charge in [-0.15, -0.1) is 10.2 Å². The summed E-state index contributed by atoms with van der Waals surface area (Å²) in [4.78, 5) is 0. The predicted octanol–water partition coefficient (Wildman–Crippen LogP) is 2.52. The van der Waals surface area contributed by atoms with Gasteiger partial charge in [-0.1, -0.05) is 24.7 Å². The molecule has 1 aromatic rings. The molecule has 1 heterocycles. The minimum atomic E-state index is -4.45. The molecule has 18 heavy (non-hydrogen) atoms. The highest BCUT2D eigenvalue weighted by molar-refractivity contribution is 7.15. The van der Waals surface area contributed by atoms with Gasteiger partial charge >= 0.3 is 6.18 Å². The molecule has 0 unspecified atom stereocenters. The van der Waals surface area contributed by atoms with Crippen molar-refractivity contribution >= 4 is 16.5 Å². The molecule has 0 radical (unpaired) electrons. The second-order valence-corrected chi connectivity index (χ2v) is 5.79. The molecule has 1 saturated carbocycles. The Morgan fingerprint density at radius 3 is 2.78 bits per heavy atom. The number of rotatable bonds is 3. The van der Waals surface area contributed by atoms with E-state index in [9.17, 15) is 18.3 Å². The van der Waals surface area contributed by atoms with E-state index >= 15 is 0 Å². The predicted molar refractivity (Wildman–Crippen MR) is 61.4 cm³/mol. The molecule has 2 N–H and O–H groups in total. The number of aliphatic hydroxyl groups is 1. The Labute approximate surface area is 106 Å². The Balaban J connectivity index is 2.08. The summed E-state index contributed by atoms with van der Waals surface area (Å²) in [6, 6.07) is -0.0588. The Hall–Kier alpha value is -0.890. The zero-order valence-corrected chi connectivity index (χ0v) is 10.6. The lowest BCUT2D eigenvalue weighted by molar-refractivity contribution is -0.138. The second kappa shape index (κ2) is 4.65. The van der Waals surface area contributed by atoms with E-state index in [-0.39, 0.29) is 23.2 Å². The normalized spacial score (nSPS) is 28.6. The smallest absolute Gasteiger partial charge is 0.396 e. The Kier molecular flexibility index (Phi) is 3.50. The molecule has 0 amide bonds. The third-order valence-corrected chi connectivity index (χ3v) is 4.31. The Morgan fingerprint density at radius 1 is 1.50 bits per heavy atom. The summed E-state index contributed by atoms with van der Waals surface area (Å²) in [5.74, 6) is 0. The summed E-state index contributed by atoms with van der Waals surface area (Å²) < 4.78 is 37.1. The molecule has 2 atom stereocenters. The molecule has 0 saturated heterocycles. The van der Waals surface area contributed by atoms with E-state index < -0.39 is 11.2 Å². The van der Waals surface area contributed by atoms with E-state index in [0.29, 0.717) is 11.3 Å². The zero-order valence-electron chi connectivity index (χ0n) is 9.79. The van der Waals surface area contributed by atoms with Crippen LogP contribution >= 0.6 is 11.3 Å². The minimum absolute atomic E-state index is 0.00952. The van der Waals surface area contributed by atoms with Crippen LogP contribution < -0.4 is 5.32 Å². The highest BCUT2D eigenvalue weighted by Gasteiger charge is 2.40. The first-order valence-corrected chi connectivity index (χ1v) is 6.45. The fourth-order valence-corrected chi connectivity index (χ4v) is 2.88. The molecule has 1 aliphatic carbocycles. The lowest BCUT2D eigenvalue weighted by Crippen LogP contribution is -2.36. The van der Waals surface area contributed by atoms with Crippen LogP contribution in [0.2, 0.25) is 0 Å². The lowest BCUT2D eigenvalue weighted by atomic mass is 9.86. The average molecular weight is 281 g/mol. The largest absolute Gasteiger partial charge is 0.445 e. The number of halogens is 3. The number of hydrogen-bond donors (Lipinski definition) is 2. The summed E-state index contributed by atoms with van der Waals surface area (Å²) in [6.07, 6.45) is -1.84. The molecule has 1 aromatic heterocycles. The van der Waals surface area contributed by atoms with E-state index in [2.05, 4.69) is 15.5 Å². The highest BCUT2D eigenvalue weighted by Crippen LogP contribution is 2.40. The number of aromatic nitrogens is 2. The number of alkyl halides is 3. The van der Waals surface area contributed by atoms with Gasteiger partial charge in [-0.2, -0.15) is 13.2 Å². The molecule has 0 spiro atoms. The van der Waals surface area contributed by atoms with Gasteiger partial charge < -0.3 is 10.4 Å².